The molecule has 2 rings (SSSR count). The Bertz CT molecular complexity index is 582. The van der Waals surface area contributed by atoms with Crippen LogP contribution in [0.15, 0.2) is 24.3 Å². The SMILES string of the molecule is CS(=O)(=O)NC(=O)C1(N)C[C@H]1c1ccc(O)cc1. The van der Waals surface area contributed by atoms with E-state index < -0.39 is 21.5 Å². The molecule has 1 aliphatic rings. The molecule has 1 fully saturated rings. The van der Waals surface area contributed by atoms with E-state index in [1.165, 1.54) is 12.1 Å². The molecule has 0 spiro atoms. The highest BCUT2D eigenvalue weighted by Crippen LogP contribution is 2.49. The van der Waals surface area contributed by atoms with Crippen LogP contribution in [0.5, 0.6) is 5.75 Å². The van der Waals surface area contributed by atoms with Crippen molar-refractivity contribution in [2.24, 2.45) is 5.73 Å². The summed E-state index contributed by atoms with van der Waals surface area (Å²) >= 11 is 0. The van der Waals surface area contributed by atoms with Crippen LogP contribution in [0.2, 0.25) is 0 Å². The fourth-order valence-corrected chi connectivity index (χ4v) is 2.44. The van der Waals surface area contributed by atoms with Crippen molar-refractivity contribution in [2.45, 2.75) is 17.9 Å². The number of nitrogens with two attached hydrogens (primary N) is 1. The molecule has 2 atom stereocenters. The fraction of sp³-hybridized carbons (Fsp3) is 0.364. The van der Waals surface area contributed by atoms with Gasteiger partial charge in [0.1, 0.15) is 11.3 Å². The molecule has 0 aromatic heterocycles. The maximum absolute atomic E-state index is 11.7. The Labute approximate surface area is 105 Å². The molecular formula is C11H14N2O4S. The highest BCUT2D eigenvalue weighted by atomic mass is 32.2. The Morgan fingerprint density at radius 2 is 2.00 bits per heavy atom. The molecule has 98 valence electrons. The summed E-state index contributed by atoms with van der Waals surface area (Å²) in [5.41, 5.74) is 5.50. The van der Waals surface area contributed by atoms with Crippen LogP contribution in [0, 0.1) is 0 Å². The number of hydrogen-bond acceptors (Lipinski definition) is 5. The van der Waals surface area contributed by atoms with Gasteiger partial charge in [0.2, 0.25) is 10.0 Å². The zero-order chi connectivity index (χ0) is 13.6. The molecule has 18 heavy (non-hydrogen) atoms. The van der Waals surface area contributed by atoms with Crippen molar-refractivity contribution in [3.63, 3.8) is 0 Å². The second-order valence-electron chi connectivity index (χ2n) is 4.59. The molecule has 0 radical (unpaired) electrons. The van der Waals surface area contributed by atoms with Crippen molar-refractivity contribution in [1.29, 1.82) is 0 Å². The Morgan fingerprint density at radius 3 is 2.50 bits per heavy atom. The summed E-state index contributed by atoms with van der Waals surface area (Å²) in [6.07, 6.45) is 1.30. The van der Waals surface area contributed by atoms with Crippen LogP contribution in [0.4, 0.5) is 0 Å². The number of carbonyl (C=O) groups is 1. The number of benzene rings is 1. The average molecular weight is 270 g/mol. The third kappa shape index (κ3) is 2.46. The number of nitrogens with one attached hydrogen (secondary N) is 1. The van der Waals surface area contributed by atoms with E-state index in [4.69, 9.17) is 10.8 Å². The second kappa shape index (κ2) is 3.96. The molecule has 1 saturated carbocycles. The van der Waals surface area contributed by atoms with E-state index in [0.717, 1.165) is 11.8 Å². The van der Waals surface area contributed by atoms with Gasteiger partial charge in [-0.1, -0.05) is 12.1 Å². The van der Waals surface area contributed by atoms with Crippen LogP contribution in [-0.2, 0) is 14.8 Å². The summed E-state index contributed by atoms with van der Waals surface area (Å²) < 4.78 is 23.9. The molecule has 0 aliphatic heterocycles. The van der Waals surface area contributed by atoms with E-state index in [1.54, 1.807) is 12.1 Å². The third-order valence-corrected chi connectivity index (χ3v) is 3.56. The summed E-state index contributed by atoms with van der Waals surface area (Å²) in [7, 11) is -3.60. The lowest BCUT2D eigenvalue weighted by Crippen LogP contribution is -2.46. The minimum absolute atomic E-state index is 0.127. The normalized spacial score (nSPS) is 26.7. The van der Waals surface area contributed by atoms with Crippen molar-refractivity contribution >= 4 is 15.9 Å². The quantitative estimate of drug-likeness (QED) is 0.695. The zero-order valence-electron chi connectivity index (χ0n) is 9.75. The molecule has 1 aromatic carbocycles. The smallest absolute Gasteiger partial charge is 0.254 e. The maximum atomic E-state index is 11.7. The molecule has 1 aliphatic carbocycles. The van der Waals surface area contributed by atoms with Gasteiger partial charge in [-0.3, -0.25) is 9.52 Å². The largest absolute Gasteiger partial charge is 0.508 e. The van der Waals surface area contributed by atoms with Crippen LogP contribution in [0.3, 0.4) is 0 Å². The van der Waals surface area contributed by atoms with Crippen molar-refractivity contribution in [2.75, 3.05) is 6.26 Å². The molecule has 1 aromatic rings. The number of amides is 1. The van der Waals surface area contributed by atoms with E-state index in [2.05, 4.69) is 0 Å². The highest BCUT2D eigenvalue weighted by molar-refractivity contribution is 7.89. The van der Waals surface area contributed by atoms with E-state index in [9.17, 15) is 13.2 Å². The minimum Gasteiger partial charge on any atom is -0.508 e. The first kappa shape index (κ1) is 12.8. The molecule has 0 bridgehead atoms. The first-order valence-electron chi connectivity index (χ1n) is 5.32. The zero-order valence-corrected chi connectivity index (χ0v) is 10.6. The lowest BCUT2D eigenvalue weighted by atomic mass is 10.1. The van der Waals surface area contributed by atoms with E-state index in [1.807, 2.05) is 4.72 Å². The van der Waals surface area contributed by atoms with Crippen LogP contribution in [-0.4, -0.2) is 31.2 Å². The van der Waals surface area contributed by atoms with Gasteiger partial charge in [-0.05, 0) is 24.1 Å². The monoisotopic (exact) mass is 270 g/mol. The number of phenolic OH excluding ortho intramolecular Hbond substituents is 1. The van der Waals surface area contributed by atoms with Gasteiger partial charge >= 0.3 is 0 Å². The fourth-order valence-electron chi connectivity index (χ4n) is 1.92. The van der Waals surface area contributed by atoms with Gasteiger partial charge < -0.3 is 10.8 Å². The van der Waals surface area contributed by atoms with Crippen molar-refractivity contribution in [3.05, 3.63) is 29.8 Å². The van der Waals surface area contributed by atoms with Crippen molar-refractivity contribution in [1.82, 2.24) is 4.72 Å². The molecule has 0 saturated heterocycles. The maximum Gasteiger partial charge on any atom is 0.254 e. The van der Waals surface area contributed by atoms with Gasteiger partial charge in [0.25, 0.3) is 5.91 Å². The Balaban J connectivity index is 2.13. The van der Waals surface area contributed by atoms with Gasteiger partial charge in [-0.2, -0.15) is 0 Å². The lowest BCUT2D eigenvalue weighted by molar-refractivity contribution is -0.121. The molecule has 0 heterocycles. The number of phenols is 1. The summed E-state index contributed by atoms with van der Waals surface area (Å²) in [5, 5.41) is 9.16. The standard InChI is InChI=1S/C11H14N2O4S/c1-18(16,17)13-10(15)11(12)6-9(11)7-2-4-8(14)5-3-7/h2-5,9,14H,6,12H2,1H3,(H,13,15)/t9-,11?/m0/s1. The van der Waals surface area contributed by atoms with Crippen LogP contribution < -0.4 is 10.5 Å². The number of aromatic hydroxyl groups is 1. The van der Waals surface area contributed by atoms with E-state index in [-0.39, 0.29) is 11.7 Å². The predicted octanol–water partition coefficient (Wildman–Crippen LogP) is -0.347. The lowest BCUT2D eigenvalue weighted by Gasteiger charge is -2.11. The van der Waals surface area contributed by atoms with Gasteiger partial charge in [0.05, 0.1) is 6.26 Å². The van der Waals surface area contributed by atoms with Gasteiger partial charge in [0.15, 0.2) is 0 Å². The average Bonchev–Trinajstić information content (AvgIpc) is 2.91. The third-order valence-electron chi connectivity index (χ3n) is 3.00. The molecule has 4 N–H and O–H groups in total. The summed E-state index contributed by atoms with van der Waals surface area (Å²) in [5.74, 6) is -0.787. The number of hydrogen-bond donors (Lipinski definition) is 3. The van der Waals surface area contributed by atoms with Gasteiger partial charge in [0, 0.05) is 5.92 Å². The number of carbonyl (C=O) groups excluding carboxylic acids is 1. The number of rotatable bonds is 3. The summed E-state index contributed by atoms with van der Waals surface area (Å²) in [6, 6.07) is 6.34. The first-order valence-corrected chi connectivity index (χ1v) is 7.21. The summed E-state index contributed by atoms with van der Waals surface area (Å²) in [6.45, 7) is 0. The van der Waals surface area contributed by atoms with Crippen LogP contribution in [0.1, 0.15) is 17.9 Å². The molecule has 7 heteroatoms. The highest BCUT2D eigenvalue weighted by Gasteiger charge is 2.58. The topological polar surface area (TPSA) is 109 Å². The van der Waals surface area contributed by atoms with Gasteiger partial charge in [-0.15, -0.1) is 0 Å². The van der Waals surface area contributed by atoms with Crippen molar-refractivity contribution < 1.29 is 18.3 Å². The second-order valence-corrected chi connectivity index (χ2v) is 6.34. The molecule has 1 unspecified atom stereocenters. The molecular weight excluding hydrogens is 256 g/mol. The minimum atomic E-state index is -3.60. The van der Waals surface area contributed by atoms with Crippen molar-refractivity contribution in [3.8, 4) is 5.75 Å². The number of sulfonamides is 1. The van der Waals surface area contributed by atoms with Crippen LogP contribution >= 0.6 is 0 Å². The Kier molecular flexibility index (Phi) is 2.83. The first-order chi connectivity index (χ1) is 8.22. The van der Waals surface area contributed by atoms with E-state index in [0.29, 0.717) is 6.42 Å². The Morgan fingerprint density at radius 1 is 1.44 bits per heavy atom. The van der Waals surface area contributed by atoms with Gasteiger partial charge in [-0.25, -0.2) is 8.42 Å². The Hall–Kier alpha value is -1.60. The predicted molar refractivity (Wildman–Crippen MR) is 65.4 cm³/mol. The molecule has 1 amide bonds. The summed E-state index contributed by atoms with van der Waals surface area (Å²) in [4.78, 5) is 11.7. The van der Waals surface area contributed by atoms with Crippen LogP contribution in [0.25, 0.3) is 0 Å². The molecule has 6 nitrogen and oxygen atoms in total. The van der Waals surface area contributed by atoms with E-state index >= 15 is 0 Å².